The molecular weight excluding hydrogens is 468 g/mol. The average molecular weight is 501 g/mol. The van der Waals surface area contributed by atoms with Crippen molar-refractivity contribution in [2.24, 2.45) is 0 Å². The van der Waals surface area contributed by atoms with E-state index in [1.165, 1.54) is 0 Å². The standard InChI is InChI=1S/C29H32N4O4/c1-20-8-10-21(11-9-20)25(19-27(34)35)31-28(36)23-12-13-26(24(30)18-23)32-14-5-15-33(17-16-32)29(37)22-6-3-2-4-7-22/h2-4,6-13,18,25H,5,14-17,19,30H2,1H3,(H,31,36)(H,34,35). The lowest BCUT2D eigenvalue weighted by Gasteiger charge is -2.25. The van der Waals surface area contributed by atoms with Crippen LogP contribution in [0.25, 0.3) is 0 Å². The van der Waals surface area contributed by atoms with Crippen LogP contribution in [0.2, 0.25) is 0 Å². The highest BCUT2D eigenvalue weighted by Crippen LogP contribution is 2.27. The van der Waals surface area contributed by atoms with Crippen molar-refractivity contribution in [1.29, 1.82) is 0 Å². The van der Waals surface area contributed by atoms with Gasteiger partial charge in [0.15, 0.2) is 0 Å². The minimum atomic E-state index is -0.998. The van der Waals surface area contributed by atoms with E-state index in [9.17, 15) is 19.5 Å². The van der Waals surface area contributed by atoms with Crippen LogP contribution in [0.5, 0.6) is 0 Å². The van der Waals surface area contributed by atoms with Crippen molar-refractivity contribution < 1.29 is 19.5 Å². The van der Waals surface area contributed by atoms with E-state index in [1.54, 1.807) is 12.1 Å². The van der Waals surface area contributed by atoms with E-state index in [0.29, 0.717) is 36.4 Å². The molecule has 2 amide bonds. The monoisotopic (exact) mass is 500 g/mol. The van der Waals surface area contributed by atoms with E-state index in [1.807, 2.05) is 72.5 Å². The van der Waals surface area contributed by atoms with Gasteiger partial charge in [-0.2, -0.15) is 0 Å². The third kappa shape index (κ3) is 6.46. The Labute approximate surface area is 216 Å². The maximum absolute atomic E-state index is 13.0. The van der Waals surface area contributed by atoms with Crippen LogP contribution < -0.4 is 16.0 Å². The number of nitrogens with zero attached hydrogens (tertiary/aromatic N) is 2. The minimum Gasteiger partial charge on any atom is -0.481 e. The van der Waals surface area contributed by atoms with Gasteiger partial charge in [-0.15, -0.1) is 0 Å². The first-order valence-corrected chi connectivity index (χ1v) is 12.4. The number of benzene rings is 3. The van der Waals surface area contributed by atoms with E-state index < -0.39 is 12.0 Å². The largest absolute Gasteiger partial charge is 0.481 e. The molecule has 0 aromatic heterocycles. The topological polar surface area (TPSA) is 116 Å². The molecule has 1 aliphatic heterocycles. The molecule has 1 saturated heterocycles. The summed E-state index contributed by atoms with van der Waals surface area (Å²) in [5, 5.41) is 12.2. The number of carboxylic acid groups (broad SMARTS) is 1. The summed E-state index contributed by atoms with van der Waals surface area (Å²) >= 11 is 0. The molecule has 0 spiro atoms. The van der Waals surface area contributed by atoms with Crippen molar-refractivity contribution in [3.63, 3.8) is 0 Å². The highest BCUT2D eigenvalue weighted by Gasteiger charge is 2.23. The van der Waals surface area contributed by atoms with Gasteiger partial charge in [-0.1, -0.05) is 48.0 Å². The van der Waals surface area contributed by atoms with Crippen LogP contribution in [-0.2, 0) is 4.79 Å². The summed E-state index contributed by atoms with van der Waals surface area (Å²) in [5.74, 6) is -1.37. The van der Waals surface area contributed by atoms with Crippen LogP contribution in [-0.4, -0.2) is 54.0 Å². The third-order valence-corrected chi connectivity index (χ3v) is 6.60. The Balaban J connectivity index is 1.44. The quantitative estimate of drug-likeness (QED) is 0.424. The van der Waals surface area contributed by atoms with Crippen LogP contribution in [0.1, 0.15) is 50.7 Å². The number of rotatable bonds is 7. The second kappa shape index (κ2) is 11.6. The van der Waals surface area contributed by atoms with Gasteiger partial charge in [0.1, 0.15) is 0 Å². The first kappa shape index (κ1) is 25.8. The molecule has 37 heavy (non-hydrogen) atoms. The first-order valence-electron chi connectivity index (χ1n) is 12.4. The number of anilines is 2. The predicted molar refractivity (Wildman–Crippen MR) is 144 cm³/mol. The number of nitrogens with two attached hydrogens (primary N) is 1. The molecule has 4 N–H and O–H groups in total. The molecule has 1 heterocycles. The molecule has 8 nitrogen and oxygen atoms in total. The molecule has 1 atom stereocenters. The molecule has 192 valence electrons. The molecule has 0 aliphatic carbocycles. The van der Waals surface area contributed by atoms with Crippen molar-refractivity contribution in [3.8, 4) is 0 Å². The van der Waals surface area contributed by atoms with Crippen LogP contribution >= 0.6 is 0 Å². The maximum Gasteiger partial charge on any atom is 0.305 e. The van der Waals surface area contributed by atoms with Gasteiger partial charge in [0, 0.05) is 37.3 Å². The van der Waals surface area contributed by atoms with Crippen LogP contribution in [0.4, 0.5) is 11.4 Å². The Kier molecular flexibility index (Phi) is 8.08. The second-order valence-electron chi connectivity index (χ2n) is 9.31. The van der Waals surface area contributed by atoms with Gasteiger partial charge in [-0.3, -0.25) is 14.4 Å². The third-order valence-electron chi connectivity index (χ3n) is 6.60. The maximum atomic E-state index is 13.0. The number of amides is 2. The van der Waals surface area contributed by atoms with E-state index >= 15 is 0 Å². The molecule has 3 aromatic carbocycles. The van der Waals surface area contributed by atoms with Crippen molar-refractivity contribution >= 4 is 29.2 Å². The molecule has 0 saturated carbocycles. The van der Waals surface area contributed by atoms with Crippen LogP contribution in [0.3, 0.4) is 0 Å². The van der Waals surface area contributed by atoms with Gasteiger partial charge >= 0.3 is 5.97 Å². The van der Waals surface area contributed by atoms with E-state index in [-0.39, 0.29) is 18.2 Å². The predicted octanol–water partition coefficient (Wildman–Crippen LogP) is 3.88. The number of carbonyl (C=O) groups excluding carboxylic acids is 2. The highest BCUT2D eigenvalue weighted by molar-refractivity contribution is 5.97. The van der Waals surface area contributed by atoms with Crippen LogP contribution in [0.15, 0.2) is 72.8 Å². The molecular formula is C29H32N4O4. The number of nitrogens with one attached hydrogen (secondary N) is 1. The smallest absolute Gasteiger partial charge is 0.305 e. The minimum absolute atomic E-state index is 0.0203. The second-order valence-corrected chi connectivity index (χ2v) is 9.31. The molecule has 1 aliphatic rings. The molecule has 1 unspecified atom stereocenters. The number of aliphatic carboxylic acids is 1. The zero-order valence-corrected chi connectivity index (χ0v) is 20.9. The number of carbonyl (C=O) groups is 3. The number of hydrogen-bond acceptors (Lipinski definition) is 5. The van der Waals surface area contributed by atoms with Crippen molar-refractivity contribution in [1.82, 2.24) is 10.2 Å². The zero-order valence-electron chi connectivity index (χ0n) is 20.9. The lowest BCUT2D eigenvalue weighted by Crippen LogP contribution is -2.35. The fraction of sp³-hybridized carbons (Fsp3) is 0.276. The summed E-state index contributed by atoms with van der Waals surface area (Å²) in [6, 6.07) is 21.2. The number of aryl methyl sites for hydroxylation is 1. The Morgan fingerprint density at radius 3 is 2.32 bits per heavy atom. The summed E-state index contributed by atoms with van der Waals surface area (Å²) in [6.45, 7) is 4.55. The van der Waals surface area contributed by atoms with Gasteiger partial charge in [0.2, 0.25) is 0 Å². The highest BCUT2D eigenvalue weighted by atomic mass is 16.4. The summed E-state index contributed by atoms with van der Waals surface area (Å²) in [6.07, 6.45) is 0.571. The first-order chi connectivity index (χ1) is 17.8. The fourth-order valence-electron chi connectivity index (χ4n) is 4.58. The Morgan fingerprint density at radius 2 is 1.65 bits per heavy atom. The molecule has 0 radical (unpaired) electrons. The van der Waals surface area contributed by atoms with Gasteiger partial charge in [-0.05, 0) is 49.2 Å². The summed E-state index contributed by atoms with van der Waals surface area (Å²) in [7, 11) is 0. The van der Waals surface area contributed by atoms with Crippen LogP contribution in [0, 0.1) is 6.92 Å². The van der Waals surface area contributed by atoms with Crippen molar-refractivity contribution in [3.05, 3.63) is 95.1 Å². The number of nitrogen functional groups attached to an aromatic ring is 1. The van der Waals surface area contributed by atoms with Gasteiger partial charge < -0.3 is 26.0 Å². The van der Waals surface area contributed by atoms with E-state index in [0.717, 1.165) is 29.8 Å². The molecule has 0 bridgehead atoms. The Morgan fingerprint density at radius 1 is 0.919 bits per heavy atom. The summed E-state index contributed by atoms with van der Waals surface area (Å²) < 4.78 is 0. The molecule has 4 rings (SSSR count). The van der Waals surface area contributed by atoms with E-state index in [2.05, 4.69) is 10.2 Å². The van der Waals surface area contributed by atoms with E-state index in [4.69, 9.17) is 5.73 Å². The summed E-state index contributed by atoms with van der Waals surface area (Å²) in [5.41, 5.74) is 10.5. The Hall–Kier alpha value is -4.33. The normalized spacial score (nSPS) is 14.5. The lowest BCUT2D eigenvalue weighted by molar-refractivity contribution is -0.137. The summed E-state index contributed by atoms with van der Waals surface area (Å²) in [4.78, 5) is 41.3. The lowest BCUT2D eigenvalue weighted by atomic mass is 10.0. The fourth-order valence-corrected chi connectivity index (χ4v) is 4.58. The zero-order chi connectivity index (χ0) is 26.4. The number of hydrogen-bond donors (Lipinski definition) is 3. The van der Waals surface area contributed by atoms with Crippen molar-refractivity contribution in [2.75, 3.05) is 36.8 Å². The number of carboxylic acids is 1. The molecule has 8 heteroatoms. The Bertz CT molecular complexity index is 1260. The van der Waals surface area contributed by atoms with Crippen molar-refractivity contribution in [2.45, 2.75) is 25.8 Å². The van der Waals surface area contributed by atoms with Gasteiger partial charge in [0.25, 0.3) is 11.8 Å². The SMILES string of the molecule is Cc1ccc(C(CC(=O)O)NC(=O)c2ccc(N3CCCN(C(=O)c4ccccc4)CC3)c(N)c2)cc1. The van der Waals surface area contributed by atoms with Gasteiger partial charge in [0.05, 0.1) is 23.8 Å². The average Bonchev–Trinajstić information content (AvgIpc) is 3.15. The molecule has 3 aromatic rings. The molecule has 1 fully saturated rings. The van der Waals surface area contributed by atoms with Gasteiger partial charge in [-0.25, -0.2) is 0 Å².